The molecule has 0 bridgehead atoms. The Kier molecular flexibility index (Phi) is 4.98. The molecule has 0 amide bonds. The van der Waals surface area contributed by atoms with Crippen molar-refractivity contribution in [2.75, 3.05) is 0 Å². The quantitative estimate of drug-likeness (QED) is 0.650. The molecule has 1 saturated carbocycles. The van der Waals surface area contributed by atoms with E-state index in [1.807, 2.05) is 0 Å². The fourth-order valence-electron chi connectivity index (χ4n) is 2.83. The van der Waals surface area contributed by atoms with E-state index in [0.717, 1.165) is 0 Å². The van der Waals surface area contributed by atoms with E-state index in [2.05, 4.69) is 5.43 Å². The number of rotatable bonds is 4. The third-order valence-electron chi connectivity index (χ3n) is 3.88. The lowest BCUT2D eigenvalue weighted by Gasteiger charge is -2.30. The van der Waals surface area contributed by atoms with Crippen molar-refractivity contribution in [3.8, 4) is 0 Å². The number of benzene rings is 1. The van der Waals surface area contributed by atoms with Gasteiger partial charge in [-0.1, -0.05) is 30.9 Å². The van der Waals surface area contributed by atoms with E-state index in [0.29, 0.717) is 22.9 Å². The number of halogens is 2. The summed E-state index contributed by atoms with van der Waals surface area (Å²) in [6, 6.07) is 4.83. The molecule has 1 atom stereocenters. The van der Waals surface area contributed by atoms with Crippen LogP contribution >= 0.6 is 11.6 Å². The summed E-state index contributed by atoms with van der Waals surface area (Å²) in [5.74, 6) is 5.98. The van der Waals surface area contributed by atoms with E-state index in [9.17, 15) is 4.39 Å². The molecule has 4 heteroatoms. The average molecular weight is 271 g/mol. The van der Waals surface area contributed by atoms with Crippen molar-refractivity contribution in [1.82, 2.24) is 5.43 Å². The lowest BCUT2D eigenvalue weighted by Crippen LogP contribution is -2.43. The first-order valence-electron chi connectivity index (χ1n) is 6.60. The third kappa shape index (κ3) is 3.44. The van der Waals surface area contributed by atoms with Crippen LogP contribution in [0.5, 0.6) is 0 Å². The van der Waals surface area contributed by atoms with Crippen molar-refractivity contribution in [2.45, 2.75) is 44.6 Å². The fraction of sp³-hybridized carbons (Fsp3) is 0.571. The van der Waals surface area contributed by atoms with E-state index in [4.69, 9.17) is 17.4 Å². The zero-order chi connectivity index (χ0) is 13.0. The highest BCUT2D eigenvalue weighted by Gasteiger charge is 2.23. The lowest BCUT2D eigenvalue weighted by molar-refractivity contribution is 0.267. The summed E-state index contributed by atoms with van der Waals surface area (Å²) in [5.41, 5.74) is 3.51. The van der Waals surface area contributed by atoms with Crippen LogP contribution in [-0.4, -0.2) is 6.04 Å². The molecule has 2 nitrogen and oxygen atoms in total. The summed E-state index contributed by atoms with van der Waals surface area (Å²) in [4.78, 5) is 0. The van der Waals surface area contributed by atoms with Gasteiger partial charge in [-0.05, 0) is 48.9 Å². The average Bonchev–Trinajstić information content (AvgIpc) is 2.41. The molecule has 1 aliphatic carbocycles. The summed E-state index contributed by atoms with van der Waals surface area (Å²) >= 11 is 5.91. The molecule has 0 aromatic heterocycles. The van der Waals surface area contributed by atoms with Crippen molar-refractivity contribution < 1.29 is 4.39 Å². The Balaban J connectivity index is 2.06. The van der Waals surface area contributed by atoms with Gasteiger partial charge in [-0.25, -0.2) is 4.39 Å². The molecule has 0 spiro atoms. The van der Waals surface area contributed by atoms with Gasteiger partial charge in [0.05, 0.1) is 0 Å². The van der Waals surface area contributed by atoms with Crippen LogP contribution < -0.4 is 11.3 Å². The first-order valence-corrected chi connectivity index (χ1v) is 6.98. The predicted octanol–water partition coefficient (Wildman–Crippen LogP) is 3.43. The van der Waals surface area contributed by atoms with E-state index in [-0.39, 0.29) is 11.9 Å². The lowest BCUT2D eigenvalue weighted by atomic mass is 9.82. The van der Waals surface area contributed by atoms with Crippen molar-refractivity contribution in [2.24, 2.45) is 11.8 Å². The molecule has 100 valence electrons. The second kappa shape index (κ2) is 6.50. The Hall–Kier alpha value is -0.640. The molecule has 1 aromatic rings. The molecule has 18 heavy (non-hydrogen) atoms. The predicted molar refractivity (Wildman–Crippen MR) is 72.8 cm³/mol. The molecular formula is C14H20ClFN2. The van der Waals surface area contributed by atoms with Gasteiger partial charge in [0.15, 0.2) is 0 Å². The number of hydrogen-bond acceptors (Lipinski definition) is 2. The van der Waals surface area contributed by atoms with Crippen LogP contribution in [0.4, 0.5) is 4.39 Å². The Morgan fingerprint density at radius 2 is 2.06 bits per heavy atom. The van der Waals surface area contributed by atoms with Gasteiger partial charge in [0, 0.05) is 11.1 Å². The molecule has 0 radical (unpaired) electrons. The zero-order valence-electron chi connectivity index (χ0n) is 10.5. The molecule has 0 aliphatic heterocycles. The molecule has 3 N–H and O–H groups in total. The van der Waals surface area contributed by atoms with Crippen molar-refractivity contribution in [3.63, 3.8) is 0 Å². The van der Waals surface area contributed by atoms with Gasteiger partial charge in [-0.2, -0.15) is 0 Å². The summed E-state index contributed by atoms with van der Waals surface area (Å²) in [6.45, 7) is 0. The smallest absolute Gasteiger partial charge is 0.126 e. The van der Waals surface area contributed by atoms with Gasteiger partial charge in [0.25, 0.3) is 0 Å². The highest BCUT2D eigenvalue weighted by Crippen LogP contribution is 2.28. The summed E-state index contributed by atoms with van der Waals surface area (Å²) in [6.07, 6.45) is 6.77. The number of hydrogen-bond donors (Lipinski definition) is 2. The van der Waals surface area contributed by atoms with Crippen LogP contribution in [0.2, 0.25) is 5.02 Å². The molecular weight excluding hydrogens is 251 g/mol. The van der Waals surface area contributed by atoms with Crippen LogP contribution in [0.3, 0.4) is 0 Å². The van der Waals surface area contributed by atoms with Crippen LogP contribution in [0.15, 0.2) is 18.2 Å². The molecule has 0 heterocycles. The fourth-order valence-corrected chi connectivity index (χ4v) is 3.03. The van der Waals surface area contributed by atoms with Crippen LogP contribution in [0.25, 0.3) is 0 Å². The van der Waals surface area contributed by atoms with Crippen molar-refractivity contribution >= 4 is 11.6 Å². The molecule has 1 aliphatic rings. The summed E-state index contributed by atoms with van der Waals surface area (Å²) < 4.78 is 13.7. The van der Waals surface area contributed by atoms with E-state index in [1.165, 1.54) is 38.2 Å². The van der Waals surface area contributed by atoms with Gasteiger partial charge < -0.3 is 0 Å². The van der Waals surface area contributed by atoms with Crippen LogP contribution in [0.1, 0.15) is 37.7 Å². The minimum atomic E-state index is -0.199. The maximum absolute atomic E-state index is 13.7. The Labute approximate surface area is 113 Å². The van der Waals surface area contributed by atoms with Gasteiger partial charge in [0.1, 0.15) is 5.82 Å². The molecule has 1 aromatic carbocycles. The topological polar surface area (TPSA) is 38.0 Å². The normalized spacial score (nSPS) is 18.8. The third-order valence-corrected chi connectivity index (χ3v) is 4.12. The van der Waals surface area contributed by atoms with Crippen LogP contribution in [-0.2, 0) is 6.42 Å². The number of nitrogens with one attached hydrogen (secondary N) is 1. The SMILES string of the molecule is NNC(Cc1cc(Cl)ccc1F)C1CCCCC1. The minimum Gasteiger partial charge on any atom is -0.271 e. The molecule has 0 saturated heterocycles. The Morgan fingerprint density at radius 1 is 1.33 bits per heavy atom. The second-order valence-corrected chi connectivity index (χ2v) is 5.55. The van der Waals surface area contributed by atoms with Gasteiger partial charge in [0.2, 0.25) is 0 Å². The maximum atomic E-state index is 13.7. The van der Waals surface area contributed by atoms with Gasteiger partial charge in [-0.3, -0.25) is 11.3 Å². The van der Waals surface area contributed by atoms with Gasteiger partial charge in [-0.15, -0.1) is 0 Å². The highest BCUT2D eigenvalue weighted by molar-refractivity contribution is 6.30. The summed E-state index contributed by atoms with van der Waals surface area (Å²) in [5, 5.41) is 0.575. The monoisotopic (exact) mass is 270 g/mol. The highest BCUT2D eigenvalue weighted by atomic mass is 35.5. The van der Waals surface area contributed by atoms with Crippen molar-refractivity contribution in [3.05, 3.63) is 34.6 Å². The standard InChI is InChI=1S/C14H20ClFN2/c15-12-6-7-13(16)11(8-12)9-14(18-17)10-4-2-1-3-5-10/h6-8,10,14,18H,1-5,9,17H2. The van der Waals surface area contributed by atoms with Crippen LogP contribution in [0, 0.1) is 11.7 Å². The zero-order valence-corrected chi connectivity index (χ0v) is 11.2. The van der Waals surface area contributed by atoms with E-state index < -0.39 is 0 Å². The molecule has 1 unspecified atom stereocenters. The number of hydrazine groups is 1. The maximum Gasteiger partial charge on any atom is 0.126 e. The largest absolute Gasteiger partial charge is 0.271 e. The van der Waals surface area contributed by atoms with Gasteiger partial charge >= 0.3 is 0 Å². The summed E-state index contributed by atoms with van der Waals surface area (Å²) in [7, 11) is 0. The van der Waals surface area contributed by atoms with E-state index in [1.54, 1.807) is 12.1 Å². The molecule has 1 fully saturated rings. The molecule has 2 rings (SSSR count). The Morgan fingerprint density at radius 3 is 2.72 bits per heavy atom. The van der Waals surface area contributed by atoms with E-state index >= 15 is 0 Å². The number of nitrogens with two attached hydrogens (primary N) is 1. The Bertz CT molecular complexity index is 391. The van der Waals surface area contributed by atoms with Crippen molar-refractivity contribution in [1.29, 1.82) is 0 Å². The first kappa shape index (κ1) is 13.8. The minimum absolute atomic E-state index is 0.137. The first-order chi connectivity index (χ1) is 8.70. The second-order valence-electron chi connectivity index (χ2n) is 5.11.